The minimum absolute atomic E-state index is 0.0773. The monoisotopic (exact) mass is 251 g/mol. The maximum Gasteiger partial charge on any atom is 0.241 e. The highest BCUT2D eigenvalue weighted by atomic mass is 32.2. The van der Waals surface area contributed by atoms with Crippen LogP contribution in [0, 0.1) is 6.92 Å². The summed E-state index contributed by atoms with van der Waals surface area (Å²) in [5.74, 6) is 0. The van der Waals surface area contributed by atoms with E-state index >= 15 is 0 Å². The number of sulfonamides is 1. The van der Waals surface area contributed by atoms with Crippen LogP contribution in [-0.4, -0.2) is 18.2 Å². The molecule has 5 nitrogen and oxygen atoms in total. The number of nitrogens with zero attached hydrogens (tertiary/aromatic N) is 2. The summed E-state index contributed by atoms with van der Waals surface area (Å²) < 4.78 is 24.1. The lowest BCUT2D eigenvalue weighted by atomic mass is 10.2. The van der Waals surface area contributed by atoms with Gasteiger partial charge in [0.05, 0.1) is 18.4 Å². The lowest BCUT2D eigenvalue weighted by molar-refractivity contribution is 0.596. The van der Waals surface area contributed by atoms with Crippen molar-refractivity contribution in [3.05, 3.63) is 47.8 Å². The molecule has 0 unspecified atom stereocenters. The number of primary sulfonamides is 1. The maximum atomic E-state index is 11.2. The number of benzene rings is 1. The second-order valence-electron chi connectivity index (χ2n) is 3.78. The van der Waals surface area contributed by atoms with Crippen LogP contribution in [0.2, 0.25) is 0 Å². The maximum absolute atomic E-state index is 11.2. The standard InChI is InChI=1S/C11H13N3O2S/c1-9-11(17(12,15)16)7-13-14(9)8-10-5-3-2-4-6-10/h2-7H,8H2,1H3,(H2,12,15,16). The van der Waals surface area contributed by atoms with Gasteiger partial charge in [0.15, 0.2) is 0 Å². The van der Waals surface area contributed by atoms with Crippen molar-refractivity contribution < 1.29 is 8.42 Å². The van der Waals surface area contributed by atoms with Crippen LogP contribution in [0.25, 0.3) is 0 Å². The lowest BCUT2D eigenvalue weighted by Crippen LogP contribution is -2.13. The predicted molar refractivity (Wildman–Crippen MR) is 63.9 cm³/mol. The van der Waals surface area contributed by atoms with Crippen molar-refractivity contribution in [2.24, 2.45) is 5.14 Å². The van der Waals surface area contributed by atoms with E-state index in [-0.39, 0.29) is 4.90 Å². The molecule has 2 aromatic rings. The van der Waals surface area contributed by atoms with Crippen LogP contribution in [0.15, 0.2) is 41.4 Å². The number of aromatic nitrogens is 2. The number of nitrogens with two attached hydrogens (primary N) is 1. The Hall–Kier alpha value is -1.66. The Balaban J connectivity index is 2.34. The van der Waals surface area contributed by atoms with E-state index in [1.165, 1.54) is 6.20 Å². The van der Waals surface area contributed by atoms with Gasteiger partial charge in [0.1, 0.15) is 4.90 Å². The van der Waals surface area contributed by atoms with Crippen molar-refractivity contribution in [3.8, 4) is 0 Å². The van der Waals surface area contributed by atoms with Crippen molar-refractivity contribution in [1.82, 2.24) is 9.78 Å². The van der Waals surface area contributed by atoms with Crippen LogP contribution in [-0.2, 0) is 16.6 Å². The molecule has 0 aliphatic carbocycles. The second kappa shape index (κ2) is 4.31. The molecule has 0 atom stereocenters. The summed E-state index contributed by atoms with van der Waals surface area (Å²) in [5, 5.41) is 9.12. The third-order valence-electron chi connectivity index (χ3n) is 2.54. The normalized spacial score (nSPS) is 11.6. The first-order valence-corrected chi connectivity index (χ1v) is 6.62. The lowest BCUT2D eigenvalue weighted by Gasteiger charge is -2.04. The fourth-order valence-corrected chi connectivity index (χ4v) is 2.34. The molecule has 6 heteroatoms. The molecule has 0 aliphatic heterocycles. The van der Waals surface area contributed by atoms with Gasteiger partial charge in [-0.2, -0.15) is 5.10 Å². The van der Waals surface area contributed by atoms with E-state index in [4.69, 9.17) is 5.14 Å². The molecule has 0 aliphatic rings. The summed E-state index contributed by atoms with van der Waals surface area (Å²) in [6.45, 7) is 2.22. The number of hydrogen-bond acceptors (Lipinski definition) is 3. The predicted octanol–water partition coefficient (Wildman–Crippen LogP) is 0.887. The Bertz CT molecular complexity index is 617. The van der Waals surface area contributed by atoms with Gasteiger partial charge in [0.2, 0.25) is 10.0 Å². The molecule has 0 bridgehead atoms. The first-order chi connectivity index (χ1) is 7.98. The van der Waals surface area contributed by atoms with Crippen molar-refractivity contribution in [3.63, 3.8) is 0 Å². The van der Waals surface area contributed by atoms with Gasteiger partial charge in [-0.3, -0.25) is 4.68 Å². The summed E-state index contributed by atoms with van der Waals surface area (Å²) in [6, 6.07) is 9.69. The Morgan fingerprint density at radius 1 is 1.29 bits per heavy atom. The molecular formula is C11H13N3O2S. The Labute approximate surface area is 99.9 Å². The van der Waals surface area contributed by atoms with Gasteiger partial charge >= 0.3 is 0 Å². The van der Waals surface area contributed by atoms with Gasteiger partial charge < -0.3 is 0 Å². The molecule has 0 spiro atoms. The topological polar surface area (TPSA) is 78.0 Å². The zero-order chi connectivity index (χ0) is 12.5. The van der Waals surface area contributed by atoms with Crippen LogP contribution in [0.1, 0.15) is 11.3 Å². The van der Waals surface area contributed by atoms with Crippen molar-refractivity contribution in [2.45, 2.75) is 18.4 Å². The molecular weight excluding hydrogens is 238 g/mol. The van der Waals surface area contributed by atoms with Gasteiger partial charge in [-0.15, -0.1) is 0 Å². The average molecular weight is 251 g/mol. The SMILES string of the molecule is Cc1c(S(N)(=O)=O)cnn1Cc1ccccc1. The van der Waals surface area contributed by atoms with Crippen LogP contribution >= 0.6 is 0 Å². The smallest absolute Gasteiger partial charge is 0.241 e. The molecule has 90 valence electrons. The third kappa shape index (κ3) is 2.54. The third-order valence-corrected chi connectivity index (χ3v) is 3.55. The summed E-state index contributed by atoms with van der Waals surface area (Å²) in [6.07, 6.45) is 1.29. The van der Waals surface area contributed by atoms with Crippen LogP contribution in [0.4, 0.5) is 0 Å². The minimum atomic E-state index is -3.69. The van der Waals surface area contributed by atoms with Crippen LogP contribution in [0.3, 0.4) is 0 Å². The summed E-state index contributed by atoms with van der Waals surface area (Å²) in [4.78, 5) is 0.0773. The minimum Gasteiger partial charge on any atom is -0.264 e. The first-order valence-electron chi connectivity index (χ1n) is 5.07. The van der Waals surface area contributed by atoms with Crippen LogP contribution < -0.4 is 5.14 Å². The Kier molecular flexibility index (Phi) is 2.99. The van der Waals surface area contributed by atoms with Gasteiger partial charge in [0, 0.05) is 0 Å². The van der Waals surface area contributed by atoms with E-state index in [9.17, 15) is 8.42 Å². The second-order valence-corrected chi connectivity index (χ2v) is 5.31. The van der Waals surface area contributed by atoms with Crippen molar-refractivity contribution in [2.75, 3.05) is 0 Å². The van der Waals surface area contributed by atoms with Crippen LogP contribution in [0.5, 0.6) is 0 Å². The number of hydrogen-bond donors (Lipinski definition) is 1. The summed E-state index contributed by atoms with van der Waals surface area (Å²) in [5.41, 5.74) is 1.61. The molecule has 0 amide bonds. The summed E-state index contributed by atoms with van der Waals surface area (Å²) in [7, 11) is -3.69. The van der Waals surface area contributed by atoms with Gasteiger partial charge in [-0.25, -0.2) is 13.6 Å². The fraction of sp³-hybridized carbons (Fsp3) is 0.182. The highest BCUT2D eigenvalue weighted by Gasteiger charge is 2.16. The quantitative estimate of drug-likeness (QED) is 0.879. The first kappa shape index (κ1) is 11.8. The largest absolute Gasteiger partial charge is 0.264 e. The van der Waals surface area contributed by atoms with E-state index in [0.717, 1.165) is 5.56 Å². The van der Waals surface area contributed by atoms with E-state index in [0.29, 0.717) is 12.2 Å². The summed E-state index contributed by atoms with van der Waals surface area (Å²) >= 11 is 0. The van der Waals surface area contributed by atoms with Crippen molar-refractivity contribution in [1.29, 1.82) is 0 Å². The zero-order valence-electron chi connectivity index (χ0n) is 9.37. The number of rotatable bonds is 3. The van der Waals surface area contributed by atoms with E-state index in [1.54, 1.807) is 11.6 Å². The molecule has 2 N–H and O–H groups in total. The Morgan fingerprint density at radius 2 is 1.94 bits per heavy atom. The molecule has 0 radical (unpaired) electrons. The molecule has 1 aromatic heterocycles. The molecule has 1 aromatic carbocycles. The fourth-order valence-electron chi connectivity index (χ4n) is 1.62. The van der Waals surface area contributed by atoms with E-state index < -0.39 is 10.0 Å². The Morgan fingerprint density at radius 3 is 2.47 bits per heavy atom. The average Bonchev–Trinajstić information content (AvgIpc) is 2.61. The van der Waals surface area contributed by atoms with Crippen molar-refractivity contribution >= 4 is 10.0 Å². The highest BCUT2D eigenvalue weighted by molar-refractivity contribution is 7.89. The molecule has 1 heterocycles. The highest BCUT2D eigenvalue weighted by Crippen LogP contribution is 2.13. The molecule has 2 rings (SSSR count). The molecule has 0 saturated heterocycles. The molecule has 0 fully saturated rings. The van der Waals surface area contributed by atoms with E-state index in [2.05, 4.69) is 5.10 Å². The van der Waals surface area contributed by atoms with Gasteiger partial charge in [-0.05, 0) is 12.5 Å². The zero-order valence-corrected chi connectivity index (χ0v) is 10.2. The molecule has 17 heavy (non-hydrogen) atoms. The van der Waals surface area contributed by atoms with E-state index in [1.807, 2.05) is 30.3 Å². The van der Waals surface area contributed by atoms with Gasteiger partial charge in [-0.1, -0.05) is 30.3 Å². The molecule has 0 saturated carbocycles. The van der Waals surface area contributed by atoms with Gasteiger partial charge in [0.25, 0.3) is 0 Å².